The van der Waals surface area contributed by atoms with Crippen LogP contribution in [-0.4, -0.2) is 60.7 Å². The van der Waals surface area contributed by atoms with Crippen molar-refractivity contribution in [2.45, 2.75) is 25.1 Å². The molecule has 1 aromatic rings. The third kappa shape index (κ3) is 5.71. The quantitative estimate of drug-likeness (QED) is 0.661. The average Bonchev–Trinajstić information content (AvgIpc) is 3.10. The number of nitrogens with zero attached hydrogens (tertiary/aromatic N) is 2. The van der Waals surface area contributed by atoms with Gasteiger partial charge in [0.2, 0.25) is 5.91 Å². The van der Waals surface area contributed by atoms with E-state index >= 15 is 0 Å². The Balaban J connectivity index is 2.02. The summed E-state index contributed by atoms with van der Waals surface area (Å²) in [5, 5.41) is -0.0979. The average molecular weight is 368 g/mol. The molecule has 1 atom stereocenters. The fourth-order valence-corrected chi connectivity index (χ4v) is 4.03. The van der Waals surface area contributed by atoms with Crippen LogP contribution < -0.4 is 0 Å². The Labute approximate surface area is 152 Å². The summed E-state index contributed by atoms with van der Waals surface area (Å²) in [6.07, 6.45) is 1.91. The molecule has 0 bridgehead atoms. The number of thioether (sulfide) groups is 1. The predicted octanol–water partition coefficient (Wildman–Crippen LogP) is 2.67. The number of methoxy groups -OCH3 is 1. The highest BCUT2D eigenvalue weighted by atomic mass is 32.2. The normalized spacial score (nSPS) is 17.1. The van der Waals surface area contributed by atoms with Gasteiger partial charge in [-0.2, -0.15) is 0 Å². The van der Waals surface area contributed by atoms with Crippen molar-refractivity contribution in [3.05, 3.63) is 35.6 Å². The molecule has 7 heteroatoms. The monoisotopic (exact) mass is 368 g/mol. The second kappa shape index (κ2) is 9.77. The molecule has 1 fully saturated rings. The van der Waals surface area contributed by atoms with Gasteiger partial charge in [0.1, 0.15) is 11.2 Å². The van der Waals surface area contributed by atoms with Crippen LogP contribution in [0, 0.1) is 5.82 Å². The van der Waals surface area contributed by atoms with Crippen molar-refractivity contribution >= 4 is 23.6 Å². The molecule has 1 aliphatic rings. The summed E-state index contributed by atoms with van der Waals surface area (Å²) in [7, 11) is 1.35. The molecular weight excluding hydrogens is 343 g/mol. The van der Waals surface area contributed by atoms with Gasteiger partial charge in [0, 0.05) is 12.3 Å². The minimum absolute atomic E-state index is 0.0145. The first-order valence-corrected chi connectivity index (χ1v) is 9.55. The van der Waals surface area contributed by atoms with E-state index in [9.17, 15) is 14.0 Å². The van der Waals surface area contributed by atoms with Gasteiger partial charge in [-0.3, -0.25) is 14.5 Å². The van der Waals surface area contributed by atoms with Gasteiger partial charge < -0.3 is 9.64 Å². The molecule has 0 aliphatic carbocycles. The lowest BCUT2D eigenvalue weighted by atomic mass is 10.2. The number of esters is 1. The zero-order valence-corrected chi connectivity index (χ0v) is 15.6. The smallest absolute Gasteiger partial charge is 0.319 e. The van der Waals surface area contributed by atoms with Crippen molar-refractivity contribution in [1.82, 2.24) is 9.80 Å². The highest BCUT2D eigenvalue weighted by Gasteiger charge is 2.31. The van der Waals surface area contributed by atoms with Crippen LogP contribution in [0.15, 0.2) is 24.3 Å². The number of benzene rings is 1. The van der Waals surface area contributed by atoms with Crippen LogP contribution >= 0.6 is 11.8 Å². The molecule has 0 saturated carbocycles. The number of halogens is 1. The van der Waals surface area contributed by atoms with E-state index in [1.807, 2.05) is 9.80 Å². The number of unbranched alkanes of at least 4 members (excludes halogenated alkanes) is 1. The Morgan fingerprint density at radius 3 is 2.68 bits per heavy atom. The van der Waals surface area contributed by atoms with Crippen molar-refractivity contribution in [2.75, 3.05) is 39.0 Å². The Morgan fingerprint density at radius 1 is 1.32 bits per heavy atom. The fraction of sp³-hybridized carbons (Fsp3) is 0.556. The molecule has 0 aromatic heterocycles. The third-order valence-electron chi connectivity index (χ3n) is 4.13. The summed E-state index contributed by atoms with van der Waals surface area (Å²) in [6.45, 7) is 3.71. The number of hydrogen-bond acceptors (Lipinski definition) is 5. The molecule has 2 rings (SSSR count). The third-order valence-corrected chi connectivity index (χ3v) is 5.39. The molecular formula is C18H25FN2O3S. The van der Waals surface area contributed by atoms with Crippen LogP contribution in [0.1, 0.15) is 30.7 Å². The highest BCUT2D eigenvalue weighted by molar-refractivity contribution is 7.99. The van der Waals surface area contributed by atoms with E-state index in [-0.39, 0.29) is 36.2 Å². The minimum atomic E-state index is -0.338. The zero-order valence-electron chi connectivity index (χ0n) is 14.7. The highest BCUT2D eigenvalue weighted by Crippen LogP contribution is 2.37. The Hall–Kier alpha value is -1.60. The van der Waals surface area contributed by atoms with E-state index in [0.717, 1.165) is 24.2 Å². The van der Waals surface area contributed by atoms with Gasteiger partial charge in [0.05, 0.1) is 20.2 Å². The van der Waals surface area contributed by atoms with Crippen molar-refractivity contribution in [3.8, 4) is 0 Å². The van der Waals surface area contributed by atoms with Gasteiger partial charge >= 0.3 is 5.97 Å². The Morgan fingerprint density at radius 2 is 2.04 bits per heavy atom. The van der Waals surface area contributed by atoms with Crippen molar-refractivity contribution < 1.29 is 18.7 Å². The lowest BCUT2D eigenvalue weighted by molar-refractivity contribution is -0.143. The molecule has 5 nitrogen and oxygen atoms in total. The van der Waals surface area contributed by atoms with E-state index in [1.54, 1.807) is 23.9 Å². The summed E-state index contributed by atoms with van der Waals surface area (Å²) in [4.78, 5) is 28.0. The maximum Gasteiger partial charge on any atom is 0.319 e. The van der Waals surface area contributed by atoms with Gasteiger partial charge in [-0.05, 0) is 30.7 Å². The summed E-state index contributed by atoms with van der Waals surface area (Å²) in [5.74, 6) is 0.210. The molecule has 1 aliphatic heterocycles. The van der Waals surface area contributed by atoms with E-state index in [0.29, 0.717) is 13.1 Å². The lowest BCUT2D eigenvalue weighted by Crippen LogP contribution is -2.42. The van der Waals surface area contributed by atoms with Gasteiger partial charge in [0.15, 0.2) is 0 Å². The topological polar surface area (TPSA) is 49.9 Å². The van der Waals surface area contributed by atoms with Crippen molar-refractivity contribution in [2.24, 2.45) is 0 Å². The number of rotatable bonds is 8. The number of carbonyl (C=O) groups is 2. The number of carbonyl (C=O) groups excluding carboxylic acids is 2. The second-order valence-corrected chi connectivity index (χ2v) is 7.19. The molecule has 1 aromatic carbocycles. The SMILES string of the molecule is CCCCN(CC(=O)OC)CC(=O)N1CCS[C@H]1c1ccc(F)cc1. The maximum absolute atomic E-state index is 13.1. The molecule has 0 spiro atoms. The van der Waals surface area contributed by atoms with Crippen LogP contribution in [-0.2, 0) is 14.3 Å². The first kappa shape index (κ1) is 19.7. The van der Waals surface area contributed by atoms with E-state index < -0.39 is 0 Å². The molecule has 0 unspecified atom stereocenters. The molecule has 0 N–H and O–H groups in total. The van der Waals surface area contributed by atoms with Crippen LogP contribution in [0.3, 0.4) is 0 Å². The lowest BCUT2D eigenvalue weighted by Gasteiger charge is -2.28. The van der Waals surface area contributed by atoms with Crippen LogP contribution in [0.4, 0.5) is 4.39 Å². The van der Waals surface area contributed by atoms with E-state index in [4.69, 9.17) is 4.74 Å². The molecule has 1 amide bonds. The summed E-state index contributed by atoms with van der Waals surface area (Å²) < 4.78 is 17.9. The molecule has 138 valence electrons. The molecule has 1 saturated heterocycles. The zero-order chi connectivity index (χ0) is 18.2. The number of hydrogen-bond donors (Lipinski definition) is 0. The van der Waals surface area contributed by atoms with Gasteiger partial charge in [0.25, 0.3) is 0 Å². The Bertz CT molecular complexity index is 582. The van der Waals surface area contributed by atoms with E-state index in [2.05, 4.69) is 6.92 Å². The van der Waals surface area contributed by atoms with Crippen LogP contribution in [0.2, 0.25) is 0 Å². The minimum Gasteiger partial charge on any atom is -0.468 e. The van der Waals surface area contributed by atoms with Gasteiger partial charge in [-0.25, -0.2) is 4.39 Å². The van der Waals surface area contributed by atoms with Crippen molar-refractivity contribution in [3.63, 3.8) is 0 Å². The van der Waals surface area contributed by atoms with Crippen LogP contribution in [0.25, 0.3) is 0 Å². The molecule has 25 heavy (non-hydrogen) atoms. The molecule has 1 heterocycles. The standard InChI is InChI=1S/C18H25FN2O3S/c1-3-4-9-20(13-17(23)24-2)12-16(22)21-10-11-25-18(21)14-5-7-15(19)8-6-14/h5-8,18H,3-4,9-13H2,1-2H3/t18-/m0/s1. The first-order valence-electron chi connectivity index (χ1n) is 8.50. The second-order valence-electron chi connectivity index (χ2n) is 6.00. The largest absolute Gasteiger partial charge is 0.468 e. The molecule has 0 radical (unpaired) electrons. The van der Waals surface area contributed by atoms with Crippen molar-refractivity contribution in [1.29, 1.82) is 0 Å². The number of amides is 1. The maximum atomic E-state index is 13.1. The summed E-state index contributed by atoms with van der Waals surface area (Å²) in [5.41, 5.74) is 0.922. The van der Waals surface area contributed by atoms with Crippen LogP contribution in [0.5, 0.6) is 0 Å². The Kier molecular flexibility index (Phi) is 7.71. The summed E-state index contributed by atoms with van der Waals surface area (Å²) in [6, 6.07) is 6.28. The van der Waals surface area contributed by atoms with Gasteiger partial charge in [-0.1, -0.05) is 25.5 Å². The van der Waals surface area contributed by atoms with Gasteiger partial charge in [-0.15, -0.1) is 11.8 Å². The fourth-order valence-electron chi connectivity index (χ4n) is 2.75. The first-order chi connectivity index (χ1) is 12.0. The summed E-state index contributed by atoms with van der Waals surface area (Å²) >= 11 is 1.67. The number of ether oxygens (including phenoxy) is 1. The predicted molar refractivity (Wildman–Crippen MR) is 96.7 cm³/mol. The van der Waals surface area contributed by atoms with E-state index in [1.165, 1.54) is 19.2 Å².